The Kier molecular flexibility index (Phi) is 3.76. The SMILES string of the molecule is Cc1cc(C(O)C(O)CC(N)=O)ccn1. The molecule has 0 aromatic carbocycles. The van der Waals surface area contributed by atoms with E-state index in [4.69, 9.17) is 5.73 Å². The third kappa shape index (κ3) is 3.30. The molecule has 2 atom stereocenters. The minimum absolute atomic E-state index is 0.261. The van der Waals surface area contributed by atoms with Gasteiger partial charge in [-0.25, -0.2) is 0 Å². The zero-order valence-electron chi connectivity index (χ0n) is 8.42. The Morgan fingerprint density at radius 2 is 2.27 bits per heavy atom. The highest BCUT2D eigenvalue weighted by molar-refractivity contribution is 5.74. The maximum atomic E-state index is 10.6. The first kappa shape index (κ1) is 11.6. The number of aliphatic hydroxyl groups is 2. The lowest BCUT2D eigenvalue weighted by atomic mass is 10.0. The number of carbonyl (C=O) groups is 1. The Labute approximate surface area is 87.6 Å². The number of hydrogen-bond acceptors (Lipinski definition) is 4. The summed E-state index contributed by atoms with van der Waals surface area (Å²) in [5.74, 6) is -0.646. The normalized spacial score (nSPS) is 14.6. The van der Waals surface area contributed by atoms with Crippen LogP contribution in [0.2, 0.25) is 0 Å². The van der Waals surface area contributed by atoms with Crippen molar-refractivity contribution in [2.45, 2.75) is 25.6 Å². The van der Waals surface area contributed by atoms with Crippen LogP contribution in [-0.4, -0.2) is 27.2 Å². The smallest absolute Gasteiger partial charge is 0.220 e. The molecular formula is C10H14N2O3. The molecule has 1 heterocycles. The number of rotatable bonds is 4. The van der Waals surface area contributed by atoms with E-state index < -0.39 is 18.1 Å². The molecule has 0 fully saturated rings. The van der Waals surface area contributed by atoms with Gasteiger partial charge in [0.25, 0.3) is 0 Å². The zero-order chi connectivity index (χ0) is 11.4. The summed E-state index contributed by atoms with van der Waals surface area (Å²) < 4.78 is 0. The van der Waals surface area contributed by atoms with Crippen molar-refractivity contribution >= 4 is 5.91 Å². The van der Waals surface area contributed by atoms with Crippen molar-refractivity contribution in [1.29, 1.82) is 0 Å². The number of aliphatic hydroxyl groups excluding tert-OH is 2. The van der Waals surface area contributed by atoms with Gasteiger partial charge in [0, 0.05) is 11.9 Å². The van der Waals surface area contributed by atoms with Gasteiger partial charge in [0.15, 0.2) is 0 Å². The highest BCUT2D eigenvalue weighted by atomic mass is 16.3. The Hall–Kier alpha value is -1.46. The average Bonchev–Trinajstić information content (AvgIpc) is 2.15. The lowest BCUT2D eigenvalue weighted by Gasteiger charge is -2.16. The molecule has 1 rings (SSSR count). The highest BCUT2D eigenvalue weighted by Gasteiger charge is 2.20. The van der Waals surface area contributed by atoms with Crippen molar-refractivity contribution in [1.82, 2.24) is 4.98 Å². The van der Waals surface area contributed by atoms with Crippen LogP contribution in [0.3, 0.4) is 0 Å². The van der Waals surface area contributed by atoms with Crippen LogP contribution in [0, 0.1) is 6.92 Å². The summed E-state index contributed by atoms with van der Waals surface area (Å²) in [6, 6.07) is 3.23. The van der Waals surface area contributed by atoms with Crippen molar-refractivity contribution in [3.8, 4) is 0 Å². The van der Waals surface area contributed by atoms with E-state index in [1.807, 2.05) is 0 Å². The van der Waals surface area contributed by atoms with E-state index >= 15 is 0 Å². The molecule has 0 saturated carbocycles. The third-order valence-corrected chi connectivity index (χ3v) is 2.04. The summed E-state index contributed by atoms with van der Waals surface area (Å²) in [5.41, 5.74) is 6.18. The third-order valence-electron chi connectivity index (χ3n) is 2.04. The maximum Gasteiger partial charge on any atom is 0.220 e. The molecule has 0 aliphatic carbocycles. The van der Waals surface area contributed by atoms with E-state index in [9.17, 15) is 15.0 Å². The molecule has 1 aromatic heterocycles. The lowest BCUT2D eigenvalue weighted by Crippen LogP contribution is -2.25. The van der Waals surface area contributed by atoms with Gasteiger partial charge in [0.2, 0.25) is 5.91 Å². The van der Waals surface area contributed by atoms with Gasteiger partial charge in [-0.3, -0.25) is 9.78 Å². The quantitative estimate of drug-likeness (QED) is 0.633. The van der Waals surface area contributed by atoms with Crippen LogP contribution in [-0.2, 0) is 4.79 Å². The number of nitrogens with two attached hydrogens (primary N) is 1. The second-order valence-corrected chi connectivity index (χ2v) is 3.41. The van der Waals surface area contributed by atoms with Gasteiger partial charge >= 0.3 is 0 Å². The Morgan fingerprint density at radius 3 is 2.80 bits per heavy atom. The molecule has 82 valence electrons. The highest BCUT2D eigenvalue weighted by Crippen LogP contribution is 2.18. The molecule has 1 amide bonds. The van der Waals surface area contributed by atoms with Gasteiger partial charge in [0.05, 0.1) is 12.5 Å². The fourth-order valence-corrected chi connectivity index (χ4v) is 1.29. The molecule has 0 bridgehead atoms. The van der Waals surface area contributed by atoms with Crippen LogP contribution in [0.4, 0.5) is 0 Å². The molecule has 2 unspecified atom stereocenters. The van der Waals surface area contributed by atoms with E-state index in [-0.39, 0.29) is 6.42 Å². The van der Waals surface area contributed by atoms with Crippen LogP contribution in [0.5, 0.6) is 0 Å². The molecule has 0 spiro atoms. The largest absolute Gasteiger partial charge is 0.390 e. The van der Waals surface area contributed by atoms with E-state index in [1.54, 1.807) is 19.1 Å². The van der Waals surface area contributed by atoms with Gasteiger partial charge in [-0.1, -0.05) is 0 Å². The standard InChI is InChI=1S/C10H14N2O3/c1-6-4-7(2-3-12-6)10(15)8(13)5-9(11)14/h2-4,8,10,13,15H,5H2,1H3,(H2,11,14). The van der Waals surface area contributed by atoms with Crippen LogP contribution in [0.25, 0.3) is 0 Å². The summed E-state index contributed by atoms with van der Waals surface area (Å²) in [4.78, 5) is 14.5. The Bertz CT molecular complexity index is 354. The molecule has 15 heavy (non-hydrogen) atoms. The number of amides is 1. The topological polar surface area (TPSA) is 96.4 Å². The summed E-state index contributed by atoms with van der Waals surface area (Å²) in [6.07, 6.45) is -1.02. The molecule has 0 aliphatic rings. The van der Waals surface area contributed by atoms with E-state index in [1.165, 1.54) is 6.20 Å². The monoisotopic (exact) mass is 210 g/mol. The number of pyridine rings is 1. The van der Waals surface area contributed by atoms with Crippen molar-refractivity contribution < 1.29 is 15.0 Å². The van der Waals surface area contributed by atoms with Gasteiger partial charge in [-0.2, -0.15) is 0 Å². The number of aryl methyl sites for hydroxylation is 1. The van der Waals surface area contributed by atoms with E-state index in [0.717, 1.165) is 5.69 Å². The molecule has 0 aliphatic heterocycles. The Balaban J connectivity index is 2.75. The fourth-order valence-electron chi connectivity index (χ4n) is 1.29. The van der Waals surface area contributed by atoms with E-state index in [2.05, 4.69) is 4.98 Å². The summed E-state index contributed by atoms with van der Waals surface area (Å²) >= 11 is 0. The molecule has 5 heteroatoms. The molecule has 4 N–H and O–H groups in total. The van der Waals surface area contributed by atoms with Crippen LogP contribution in [0.1, 0.15) is 23.8 Å². The fraction of sp³-hybridized carbons (Fsp3) is 0.400. The number of aromatic nitrogens is 1. The van der Waals surface area contributed by atoms with Crippen LogP contribution in [0.15, 0.2) is 18.3 Å². The van der Waals surface area contributed by atoms with Gasteiger partial charge in [0.1, 0.15) is 6.10 Å². The number of carbonyl (C=O) groups excluding carboxylic acids is 1. The zero-order valence-corrected chi connectivity index (χ0v) is 8.42. The van der Waals surface area contributed by atoms with Gasteiger partial charge in [-0.05, 0) is 24.6 Å². The average molecular weight is 210 g/mol. The van der Waals surface area contributed by atoms with Gasteiger partial charge < -0.3 is 15.9 Å². The van der Waals surface area contributed by atoms with Crippen LogP contribution < -0.4 is 5.73 Å². The summed E-state index contributed by atoms with van der Waals surface area (Å²) in [5, 5.41) is 19.1. The predicted molar refractivity (Wildman–Crippen MR) is 53.8 cm³/mol. The molecule has 5 nitrogen and oxygen atoms in total. The first-order valence-corrected chi connectivity index (χ1v) is 4.57. The molecule has 1 aromatic rings. The summed E-state index contributed by atoms with van der Waals surface area (Å²) in [6.45, 7) is 1.77. The van der Waals surface area contributed by atoms with E-state index in [0.29, 0.717) is 5.56 Å². The minimum Gasteiger partial charge on any atom is -0.390 e. The maximum absolute atomic E-state index is 10.6. The molecule has 0 saturated heterocycles. The second kappa shape index (κ2) is 4.86. The van der Waals surface area contributed by atoms with Crippen LogP contribution >= 0.6 is 0 Å². The van der Waals surface area contributed by atoms with Crippen molar-refractivity contribution in [3.05, 3.63) is 29.6 Å². The summed E-state index contributed by atoms with van der Waals surface area (Å²) in [7, 11) is 0. The Morgan fingerprint density at radius 1 is 1.60 bits per heavy atom. The first-order valence-electron chi connectivity index (χ1n) is 4.57. The van der Waals surface area contributed by atoms with Crippen molar-refractivity contribution in [2.24, 2.45) is 5.73 Å². The minimum atomic E-state index is -1.18. The van der Waals surface area contributed by atoms with Crippen molar-refractivity contribution in [3.63, 3.8) is 0 Å². The molecule has 0 radical (unpaired) electrons. The lowest BCUT2D eigenvalue weighted by molar-refractivity contribution is -0.121. The van der Waals surface area contributed by atoms with Gasteiger partial charge in [-0.15, -0.1) is 0 Å². The van der Waals surface area contributed by atoms with Crippen molar-refractivity contribution in [2.75, 3.05) is 0 Å². The second-order valence-electron chi connectivity index (χ2n) is 3.41. The molecular weight excluding hydrogens is 196 g/mol. The number of hydrogen-bond donors (Lipinski definition) is 3. The number of nitrogens with zero attached hydrogens (tertiary/aromatic N) is 1. The predicted octanol–water partition coefficient (Wildman–Crippen LogP) is -0.340. The first-order chi connectivity index (χ1) is 7.00. The number of primary amides is 1.